The topological polar surface area (TPSA) is 46.2 Å². The van der Waals surface area contributed by atoms with Crippen LogP contribution in [-0.4, -0.2) is 16.0 Å². The molecule has 31 heavy (non-hydrogen) atoms. The lowest BCUT2D eigenvalue weighted by Crippen LogP contribution is -2.18. The fourth-order valence-corrected chi connectivity index (χ4v) is 4.45. The lowest BCUT2D eigenvalue weighted by molar-refractivity contribution is -0.115. The van der Waals surface area contributed by atoms with Crippen molar-refractivity contribution in [3.05, 3.63) is 119 Å². The summed E-state index contributed by atoms with van der Waals surface area (Å²) in [7, 11) is 0. The summed E-state index contributed by atoms with van der Waals surface area (Å²) in [6.07, 6.45) is 2.16. The smallest absolute Gasteiger partial charge is 0.264 e. The zero-order valence-corrected chi connectivity index (χ0v) is 18.2. The molecule has 5 heteroatoms. The Morgan fingerprint density at radius 1 is 0.806 bits per heavy atom. The Morgan fingerprint density at radius 3 is 1.84 bits per heavy atom. The highest BCUT2D eigenvalue weighted by Crippen LogP contribution is 2.35. The minimum atomic E-state index is -0.216. The van der Waals surface area contributed by atoms with Gasteiger partial charge in [-0.05, 0) is 22.8 Å². The van der Waals surface area contributed by atoms with Gasteiger partial charge in [0.05, 0.1) is 4.91 Å². The number of carbonyl (C=O) groups is 2. The molecule has 0 bridgehead atoms. The van der Waals surface area contributed by atoms with Gasteiger partial charge in [-0.1, -0.05) is 115 Å². The Hall–Kier alpha value is -3.28. The molecular formula is C26H19NO2S2. The Bertz CT molecular complexity index is 1180. The second-order valence-corrected chi connectivity index (χ2v) is 8.64. The van der Waals surface area contributed by atoms with Gasteiger partial charge < -0.3 is 5.32 Å². The molecule has 1 heterocycles. The minimum Gasteiger partial charge on any atom is -0.307 e. The molecule has 4 rings (SSSR count). The van der Waals surface area contributed by atoms with Crippen molar-refractivity contribution in [2.45, 2.75) is 6.42 Å². The number of benzene rings is 3. The van der Waals surface area contributed by atoms with Crippen LogP contribution in [0.15, 0.2) is 102 Å². The summed E-state index contributed by atoms with van der Waals surface area (Å²) in [6, 6.07) is 28.7. The first kappa shape index (κ1) is 21.0. The summed E-state index contributed by atoms with van der Waals surface area (Å²) in [5.74, 6) is -0.195. The van der Waals surface area contributed by atoms with Crippen molar-refractivity contribution < 1.29 is 9.59 Å². The third-order valence-electron chi connectivity index (χ3n) is 4.86. The van der Waals surface area contributed by atoms with Crippen molar-refractivity contribution in [1.82, 2.24) is 5.32 Å². The summed E-state index contributed by atoms with van der Waals surface area (Å²) < 4.78 is 0.434. The molecule has 3 aromatic carbocycles. The summed E-state index contributed by atoms with van der Waals surface area (Å²) in [4.78, 5) is 26.1. The standard InChI is InChI=1S/C26H19NO2S2/c28-23(20-14-8-3-9-15-20)17-21(18-10-4-1-5-11-18)16-22(19-12-6-2-7-13-19)24-25(29)27-26(30)31-24/h1-16H,17H2,(H,27,29,30)/b21-16+,24-22+. The number of thioether (sulfide) groups is 1. The van der Waals surface area contributed by atoms with Crippen LogP contribution in [0.25, 0.3) is 11.1 Å². The van der Waals surface area contributed by atoms with Crippen LogP contribution in [0.2, 0.25) is 0 Å². The van der Waals surface area contributed by atoms with Gasteiger partial charge in [0.15, 0.2) is 5.78 Å². The molecule has 1 fully saturated rings. The fourth-order valence-electron chi connectivity index (χ4n) is 3.35. The summed E-state index contributed by atoms with van der Waals surface area (Å²) in [5.41, 5.74) is 4.08. The maximum Gasteiger partial charge on any atom is 0.264 e. The summed E-state index contributed by atoms with van der Waals surface area (Å²) >= 11 is 6.46. The van der Waals surface area contributed by atoms with E-state index in [2.05, 4.69) is 5.32 Å². The van der Waals surface area contributed by atoms with Gasteiger partial charge in [0.25, 0.3) is 5.91 Å². The first-order valence-corrected chi connectivity index (χ1v) is 11.0. The van der Waals surface area contributed by atoms with E-state index < -0.39 is 0 Å². The highest BCUT2D eigenvalue weighted by molar-refractivity contribution is 8.26. The number of rotatable bonds is 6. The van der Waals surface area contributed by atoms with Crippen molar-refractivity contribution in [3.63, 3.8) is 0 Å². The Kier molecular flexibility index (Phi) is 6.55. The number of nitrogens with one attached hydrogen (secondary N) is 1. The fraction of sp³-hybridized carbons (Fsp3) is 0.0385. The first-order chi connectivity index (χ1) is 15.1. The highest BCUT2D eigenvalue weighted by atomic mass is 32.2. The molecule has 0 saturated carbocycles. The van der Waals surface area contributed by atoms with E-state index >= 15 is 0 Å². The molecule has 1 aliphatic rings. The van der Waals surface area contributed by atoms with Gasteiger partial charge in [0.2, 0.25) is 0 Å². The molecule has 0 atom stereocenters. The van der Waals surface area contributed by atoms with Crippen molar-refractivity contribution >= 4 is 51.1 Å². The highest BCUT2D eigenvalue weighted by Gasteiger charge is 2.26. The average Bonchev–Trinajstić information content (AvgIpc) is 3.15. The number of hydrogen-bond acceptors (Lipinski definition) is 4. The molecule has 152 valence electrons. The third-order valence-corrected chi connectivity index (χ3v) is 6.10. The number of carbonyl (C=O) groups excluding carboxylic acids is 2. The molecule has 3 nitrogen and oxygen atoms in total. The molecule has 1 amide bonds. The molecule has 0 aromatic heterocycles. The predicted octanol–water partition coefficient (Wildman–Crippen LogP) is 5.90. The Morgan fingerprint density at radius 2 is 1.32 bits per heavy atom. The first-order valence-electron chi connectivity index (χ1n) is 9.79. The van der Waals surface area contributed by atoms with E-state index in [0.717, 1.165) is 22.3 Å². The zero-order chi connectivity index (χ0) is 21.6. The SMILES string of the molecule is O=C1NC(=S)S/C1=C(\C=C(/CC(=O)c1ccccc1)c1ccccc1)c1ccccc1. The largest absolute Gasteiger partial charge is 0.307 e. The van der Waals surface area contributed by atoms with Crippen LogP contribution < -0.4 is 5.32 Å². The molecule has 0 aliphatic carbocycles. The normalized spacial score (nSPS) is 15.5. The molecular weight excluding hydrogens is 422 g/mol. The van der Waals surface area contributed by atoms with Gasteiger partial charge >= 0.3 is 0 Å². The van der Waals surface area contributed by atoms with Crippen LogP contribution >= 0.6 is 24.0 Å². The van der Waals surface area contributed by atoms with Gasteiger partial charge in [0, 0.05) is 17.6 Å². The van der Waals surface area contributed by atoms with E-state index in [-0.39, 0.29) is 18.1 Å². The van der Waals surface area contributed by atoms with Crippen LogP contribution in [0.3, 0.4) is 0 Å². The van der Waals surface area contributed by atoms with Gasteiger partial charge in [-0.15, -0.1) is 0 Å². The van der Waals surface area contributed by atoms with Crippen molar-refractivity contribution in [2.75, 3.05) is 0 Å². The quantitative estimate of drug-likeness (QED) is 0.294. The lowest BCUT2D eigenvalue weighted by Gasteiger charge is -2.12. The van der Waals surface area contributed by atoms with E-state index in [4.69, 9.17) is 12.2 Å². The van der Waals surface area contributed by atoms with Crippen LogP contribution in [0.5, 0.6) is 0 Å². The van der Waals surface area contributed by atoms with E-state index in [1.807, 2.05) is 97.1 Å². The number of Topliss-reactive ketones (excluding diaryl/α,β-unsaturated/α-hetero) is 1. The van der Waals surface area contributed by atoms with Crippen molar-refractivity contribution in [2.24, 2.45) is 0 Å². The second kappa shape index (κ2) is 9.69. The summed E-state index contributed by atoms with van der Waals surface area (Å²) in [5, 5.41) is 2.70. The van der Waals surface area contributed by atoms with Gasteiger partial charge in [-0.3, -0.25) is 9.59 Å². The van der Waals surface area contributed by atoms with Crippen LogP contribution in [0, 0.1) is 0 Å². The van der Waals surface area contributed by atoms with Crippen LogP contribution in [0.4, 0.5) is 0 Å². The van der Waals surface area contributed by atoms with Crippen LogP contribution in [-0.2, 0) is 4.79 Å². The van der Waals surface area contributed by atoms with E-state index in [1.54, 1.807) is 0 Å². The van der Waals surface area contributed by atoms with Crippen molar-refractivity contribution in [3.8, 4) is 0 Å². The number of allylic oxidation sites excluding steroid dienone is 3. The number of hydrogen-bond donors (Lipinski definition) is 1. The van der Waals surface area contributed by atoms with E-state index in [0.29, 0.717) is 14.8 Å². The average molecular weight is 442 g/mol. The zero-order valence-electron chi connectivity index (χ0n) is 16.6. The molecule has 0 unspecified atom stereocenters. The number of amides is 1. The molecule has 1 aliphatic heterocycles. The van der Waals surface area contributed by atoms with E-state index in [9.17, 15) is 9.59 Å². The second-order valence-electron chi connectivity index (χ2n) is 6.95. The molecule has 1 saturated heterocycles. The monoisotopic (exact) mass is 441 g/mol. The molecule has 1 N–H and O–H groups in total. The van der Waals surface area contributed by atoms with Crippen LogP contribution in [0.1, 0.15) is 27.9 Å². The van der Waals surface area contributed by atoms with Crippen molar-refractivity contribution in [1.29, 1.82) is 0 Å². The Labute approximate surface area is 190 Å². The lowest BCUT2D eigenvalue weighted by atomic mass is 9.93. The molecule has 0 radical (unpaired) electrons. The predicted molar refractivity (Wildman–Crippen MR) is 132 cm³/mol. The maximum absolute atomic E-state index is 13.0. The molecule has 0 spiro atoms. The van der Waals surface area contributed by atoms with Gasteiger partial charge in [-0.25, -0.2) is 0 Å². The molecule has 3 aromatic rings. The van der Waals surface area contributed by atoms with Gasteiger partial charge in [-0.2, -0.15) is 0 Å². The third kappa shape index (κ3) is 5.08. The minimum absolute atomic E-state index is 0.0205. The number of thiocarbonyl (C=S) groups is 1. The van der Waals surface area contributed by atoms with Gasteiger partial charge in [0.1, 0.15) is 4.32 Å². The summed E-state index contributed by atoms with van der Waals surface area (Å²) in [6.45, 7) is 0. The maximum atomic E-state index is 13.0. The number of ketones is 1. The van der Waals surface area contributed by atoms with E-state index in [1.165, 1.54) is 11.8 Å². The Balaban J connectivity index is 1.84.